The molecule has 5 aromatic carbocycles. The molecular formula is C30H23NO. The van der Waals surface area contributed by atoms with Crippen LogP contribution in [0, 0.1) is 0 Å². The van der Waals surface area contributed by atoms with E-state index in [9.17, 15) is 0 Å². The van der Waals surface area contributed by atoms with Crippen LogP contribution in [-0.4, -0.2) is 11.7 Å². The molecule has 6 aromatic rings. The Morgan fingerprint density at radius 2 is 1.09 bits per heavy atom. The van der Waals surface area contributed by atoms with Crippen LogP contribution in [0.25, 0.3) is 54.8 Å². The molecule has 0 spiro atoms. The number of aromatic nitrogens is 1. The van der Waals surface area contributed by atoms with E-state index in [4.69, 9.17) is 4.74 Å². The number of hydrogen-bond donors (Lipinski definition) is 0. The van der Waals surface area contributed by atoms with Crippen LogP contribution < -0.4 is 0 Å². The SMILES string of the molecule is COCn1c2ccccc2c2c(-c3ccccc3)c(-c3ccccc3)c3ccccc3c21. The zero-order valence-electron chi connectivity index (χ0n) is 18.0. The van der Waals surface area contributed by atoms with Gasteiger partial charge in [-0.1, -0.05) is 103 Å². The molecule has 0 unspecified atom stereocenters. The first kappa shape index (κ1) is 18.9. The van der Waals surface area contributed by atoms with E-state index >= 15 is 0 Å². The van der Waals surface area contributed by atoms with Crippen LogP contribution in [-0.2, 0) is 11.5 Å². The molecule has 0 aliphatic carbocycles. The predicted molar refractivity (Wildman–Crippen MR) is 135 cm³/mol. The van der Waals surface area contributed by atoms with Gasteiger partial charge >= 0.3 is 0 Å². The summed E-state index contributed by atoms with van der Waals surface area (Å²) >= 11 is 0. The topological polar surface area (TPSA) is 14.2 Å². The van der Waals surface area contributed by atoms with Gasteiger partial charge in [-0.2, -0.15) is 0 Å². The van der Waals surface area contributed by atoms with Gasteiger partial charge in [-0.05, 0) is 28.1 Å². The number of methoxy groups -OCH3 is 1. The molecule has 0 saturated carbocycles. The maximum absolute atomic E-state index is 5.67. The monoisotopic (exact) mass is 413 g/mol. The fourth-order valence-corrected chi connectivity index (χ4v) is 5.07. The van der Waals surface area contributed by atoms with Crippen molar-refractivity contribution in [2.75, 3.05) is 7.11 Å². The molecule has 0 aliphatic heterocycles. The van der Waals surface area contributed by atoms with Crippen molar-refractivity contribution in [3.8, 4) is 22.3 Å². The van der Waals surface area contributed by atoms with Crippen LogP contribution in [0.1, 0.15) is 0 Å². The standard InChI is InChI=1S/C30H23NO/c1-32-20-31-26-19-11-10-18-25(26)29-28(22-14-6-3-7-15-22)27(21-12-4-2-5-13-21)23-16-8-9-17-24(23)30(29)31/h2-19H,20H2,1H3. The molecule has 6 rings (SSSR count). The van der Waals surface area contributed by atoms with Crippen LogP contribution in [0.2, 0.25) is 0 Å². The molecule has 0 bridgehead atoms. The summed E-state index contributed by atoms with van der Waals surface area (Å²) < 4.78 is 7.99. The van der Waals surface area contributed by atoms with E-state index in [1.54, 1.807) is 7.11 Å². The van der Waals surface area contributed by atoms with E-state index < -0.39 is 0 Å². The number of ether oxygens (including phenoxy) is 1. The van der Waals surface area contributed by atoms with E-state index in [2.05, 4.69) is 114 Å². The van der Waals surface area contributed by atoms with Crippen molar-refractivity contribution in [2.24, 2.45) is 0 Å². The lowest BCUT2D eigenvalue weighted by atomic mass is 9.86. The molecule has 1 aromatic heterocycles. The Kier molecular flexibility index (Phi) is 4.52. The van der Waals surface area contributed by atoms with Crippen LogP contribution >= 0.6 is 0 Å². The largest absolute Gasteiger partial charge is 0.364 e. The Bertz CT molecular complexity index is 1560. The number of nitrogens with zero attached hydrogens (tertiary/aromatic N) is 1. The van der Waals surface area contributed by atoms with Crippen LogP contribution in [0.3, 0.4) is 0 Å². The maximum Gasteiger partial charge on any atom is 0.123 e. The van der Waals surface area contributed by atoms with Crippen LogP contribution in [0.4, 0.5) is 0 Å². The lowest BCUT2D eigenvalue weighted by Gasteiger charge is -2.18. The summed E-state index contributed by atoms with van der Waals surface area (Å²) in [6, 6.07) is 39.0. The third-order valence-electron chi connectivity index (χ3n) is 6.31. The summed E-state index contributed by atoms with van der Waals surface area (Å²) in [6.07, 6.45) is 0. The Labute approximate surface area is 187 Å². The molecule has 0 saturated heterocycles. The fraction of sp³-hybridized carbons (Fsp3) is 0.0667. The molecule has 0 atom stereocenters. The molecule has 0 radical (unpaired) electrons. The average molecular weight is 414 g/mol. The summed E-state index contributed by atoms with van der Waals surface area (Å²) in [5.74, 6) is 0. The van der Waals surface area contributed by atoms with Gasteiger partial charge < -0.3 is 9.30 Å². The molecule has 32 heavy (non-hydrogen) atoms. The highest BCUT2D eigenvalue weighted by Gasteiger charge is 2.22. The van der Waals surface area contributed by atoms with Crippen molar-refractivity contribution in [3.05, 3.63) is 109 Å². The van der Waals surface area contributed by atoms with Crippen molar-refractivity contribution in [2.45, 2.75) is 6.73 Å². The van der Waals surface area contributed by atoms with Crippen molar-refractivity contribution in [3.63, 3.8) is 0 Å². The average Bonchev–Trinajstić information content (AvgIpc) is 3.19. The van der Waals surface area contributed by atoms with Gasteiger partial charge in [0.25, 0.3) is 0 Å². The number of fused-ring (bicyclic) bond motifs is 5. The van der Waals surface area contributed by atoms with E-state index in [1.807, 2.05) is 0 Å². The molecule has 0 amide bonds. The Balaban J connectivity index is 1.95. The molecule has 0 N–H and O–H groups in total. The molecule has 154 valence electrons. The van der Waals surface area contributed by atoms with Gasteiger partial charge in [-0.15, -0.1) is 0 Å². The van der Waals surface area contributed by atoms with Gasteiger partial charge in [0, 0.05) is 28.8 Å². The molecule has 0 aliphatic rings. The highest BCUT2D eigenvalue weighted by molar-refractivity contribution is 6.28. The van der Waals surface area contributed by atoms with Crippen molar-refractivity contribution >= 4 is 32.6 Å². The number of hydrogen-bond acceptors (Lipinski definition) is 1. The first-order valence-corrected chi connectivity index (χ1v) is 10.9. The van der Waals surface area contributed by atoms with Gasteiger partial charge in [-0.25, -0.2) is 0 Å². The minimum Gasteiger partial charge on any atom is -0.364 e. The summed E-state index contributed by atoms with van der Waals surface area (Å²) in [5, 5.41) is 5.03. The number of benzene rings is 5. The minimum absolute atomic E-state index is 0.507. The lowest BCUT2D eigenvalue weighted by Crippen LogP contribution is -2.00. The van der Waals surface area contributed by atoms with Crippen LogP contribution in [0.5, 0.6) is 0 Å². The van der Waals surface area contributed by atoms with Crippen LogP contribution in [0.15, 0.2) is 109 Å². The summed E-state index contributed by atoms with van der Waals surface area (Å²) in [4.78, 5) is 0. The maximum atomic E-state index is 5.67. The molecular weight excluding hydrogens is 390 g/mol. The Morgan fingerprint density at radius 3 is 1.75 bits per heavy atom. The minimum atomic E-state index is 0.507. The van der Waals surface area contributed by atoms with E-state index in [0.29, 0.717) is 6.73 Å². The van der Waals surface area contributed by atoms with Gasteiger partial charge in [0.05, 0.1) is 11.0 Å². The van der Waals surface area contributed by atoms with Gasteiger partial charge in [0.2, 0.25) is 0 Å². The molecule has 0 fully saturated rings. The molecule has 1 heterocycles. The quantitative estimate of drug-likeness (QED) is 0.287. The van der Waals surface area contributed by atoms with E-state index in [1.165, 1.54) is 54.8 Å². The fourth-order valence-electron chi connectivity index (χ4n) is 5.07. The summed E-state index contributed by atoms with van der Waals surface area (Å²) in [5.41, 5.74) is 7.42. The Hall–Kier alpha value is -3.88. The zero-order valence-corrected chi connectivity index (χ0v) is 18.0. The van der Waals surface area contributed by atoms with Gasteiger partial charge in [0.1, 0.15) is 6.73 Å². The van der Waals surface area contributed by atoms with Crippen molar-refractivity contribution < 1.29 is 4.74 Å². The zero-order chi connectivity index (χ0) is 21.5. The highest BCUT2D eigenvalue weighted by Crippen LogP contribution is 2.47. The normalized spacial score (nSPS) is 11.5. The highest BCUT2D eigenvalue weighted by atomic mass is 16.5. The van der Waals surface area contributed by atoms with Gasteiger partial charge in [-0.3, -0.25) is 0 Å². The number of rotatable bonds is 4. The van der Waals surface area contributed by atoms with Gasteiger partial charge in [0.15, 0.2) is 0 Å². The second kappa shape index (κ2) is 7.67. The molecule has 2 nitrogen and oxygen atoms in total. The smallest absolute Gasteiger partial charge is 0.123 e. The van der Waals surface area contributed by atoms with E-state index in [0.717, 1.165) is 0 Å². The van der Waals surface area contributed by atoms with Crippen molar-refractivity contribution in [1.29, 1.82) is 0 Å². The molecule has 2 heteroatoms. The third-order valence-corrected chi connectivity index (χ3v) is 6.31. The lowest BCUT2D eigenvalue weighted by molar-refractivity contribution is 0.138. The second-order valence-electron chi connectivity index (χ2n) is 8.11. The first-order chi connectivity index (χ1) is 15.9. The first-order valence-electron chi connectivity index (χ1n) is 10.9. The van der Waals surface area contributed by atoms with Crippen molar-refractivity contribution in [1.82, 2.24) is 4.57 Å². The van der Waals surface area contributed by atoms with E-state index in [-0.39, 0.29) is 0 Å². The summed E-state index contributed by atoms with van der Waals surface area (Å²) in [6.45, 7) is 0.507. The Morgan fingerprint density at radius 1 is 0.562 bits per heavy atom. The second-order valence-corrected chi connectivity index (χ2v) is 8.11. The predicted octanol–water partition coefficient (Wildman–Crippen LogP) is 7.89. The summed E-state index contributed by atoms with van der Waals surface area (Å²) in [7, 11) is 1.76. The third kappa shape index (κ3) is 2.77. The number of para-hydroxylation sites is 1.